The fourth-order valence-corrected chi connectivity index (χ4v) is 2.36. The lowest BCUT2D eigenvalue weighted by Crippen LogP contribution is -2.14. The molecule has 3 nitrogen and oxygen atoms in total. The summed E-state index contributed by atoms with van der Waals surface area (Å²) in [5.41, 5.74) is 1.87. The maximum Gasteiger partial charge on any atom is 0.121 e. The number of rotatable bonds is 7. The first-order chi connectivity index (χ1) is 10.6. The zero-order valence-corrected chi connectivity index (χ0v) is 14.2. The number of hydrogen-bond acceptors (Lipinski definition) is 3. The quantitative estimate of drug-likeness (QED) is 0.671. The van der Waals surface area contributed by atoms with Crippen LogP contribution in [0.2, 0.25) is 10.0 Å². The van der Waals surface area contributed by atoms with E-state index in [4.69, 9.17) is 27.9 Å². The summed E-state index contributed by atoms with van der Waals surface area (Å²) in [7, 11) is 0. The number of benzene rings is 2. The van der Waals surface area contributed by atoms with Crippen LogP contribution < -0.4 is 15.4 Å². The van der Waals surface area contributed by atoms with Crippen molar-refractivity contribution in [2.75, 3.05) is 23.7 Å². The molecular weight excluding hydrogens is 319 g/mol. The molecule has 0 radical (unpaired) electrons. The molecule has 0 saturated carbocycles. The molecule has 0 aliphatic heterocycles. The molecule has 2 aromatic rings. The molecular formula is C17H20Cl2N2O. The van der Waals surface area contributed by atoms with E-state index in [-0.39, 0.29) is 6.10 Å². The molecule has 0 saturated heterocycles. The van der Waals surface area contributed by atoms with Crippen LogP contribution in [0.1, 0.15) is 13.8 Å². The molecule has 0 spiro atoms. The van der Waals surface area contributed by atoms with Crippen LogP contribution in [0.25, 0.3) is 0 Å². The van der Waals surface area contributed by atoms with Crippen molar-refractivity contribution >= 4 is 34.6 Å². The van der Waals surface area contributed by atoms with E-state index in [0.29, 0.717) is 10.0 Å². The SMILES string of the molecule is CC(C)Oc1cccc(NCCNc2cccc(Cl)c2Cl)c1. The molecule has 118 valence electrons. The third-order valence-electron chi connectivity index (χ3n) is 2.93. The van der Waals surface area contributed by atoms with E-state index in [0.717, 1.165) is 30.2 Å². The van der Waals surface area contributed by atoms with Gasteiger partial charge in [-0.15, -0.1) is 0 Å². The molecule has 2 N–H and O–H groups in total. The third-order valence-corrected chi connectivity index (χ3v) is 3.75. The molecule has 0 unspecified atom stereocenters. The Morgan fingerprint density at radius 3 is 2.50 bits per heavy atom. The fraction of sp³-hybridized carbons (Fsp3) is 0.294. The first kappa shape index (κ1) is 16.8. The Morgan fingerprint density at radius 1 is 1.00 bits per heavy atom. The van der Waals surface area contributed by atoms with Gasteiger partial charge in [-0.25, -0.2) is 0 Å². The summed E-state index contributed by atoms with van der Waals surface area (Å²) >= 11 is 12.1. The Hall–Kier alpha value is -1.58. The summed E-state index contributed by atoms with van der Waals surface area (Å²) in [5, 5.41) is 7.71. The van der Waals surface area contributed by atoms with Crippen LogP contribution in [0, 0.1) is 0 Å². The van der Waals surface area contributed by atoms with E-state index < -0.39 is 0 Å². The number of nitrogens with one attached hydrogen (secondary N) is 2. The van der Waals surface area contributed by atoms with E-state index in [1.54, 1.807) is 6.07 Å². The van der Waals surface area contributed by atoms with Gasteiger partial charge >= 0.3 is 0 Å². The molecule has 0 aliphatic rings. The highest BCUT2D eigenvalue weighted by Crippen LogP contribution is 2.29. The average molecular weight is 339 g/mol. The Labute approximate surface area is 141 Å². The zero-order valence-electron chi connectivity index (χ0n) is 12.7. The lowest BCUT2D eigenvalue weighted by atomic mass is 10.3. The van der Waals surface area contributed by atoms with Gasteiger partial charge in [-0.1, -0.05) is 35.3 Å². The molecule has 0 aliphatic carbocycles. The van der Waals surface area contributed by atoms with Crippen molar-refractivity contribution in [3.05, 3.63) is 52.5 Å². The lowest BCUT2D eigenvalue weighted by molar-refractivity contribution is 0.242. The molecule has 2 aromatic carbocycles. The van der Waals surface area contributed by atoms with Crippen LogP contribution in [0.15, 0.2) is 42.5 Å². The highest BCUT2D eigenvalue weighted by Gasteiger charge is 2.03. The van der Waals surface area contributed by atoms with Crippen LogP contribution >= 0.6 is 23.2 Å². The summed E-state index contributed by atoms with van der Waals surface area (Å²) in [6.07, 6.45) is 0.168. The minimum absolute atomic E-state index is 0.168. The molecule has 2 rings (SSSR count). The van der Waals surface area contributed by atoms with Gasteiger partial charge in [-0.05, 0) is 38.1 Å². The molecule has 22 heavy (non-hydrogen) atoms. The normalized spacial score (nSPS) is 10.6. The van der Waals surface area contributed by atoms with Crippen LogP contribution in [0.3, 0.4) is 0 Å². The second-order valence-electron chi connectivity index (χ2n) is 5.15. The van der Waals surface area contributed by atoms with E-state index in [1.807, 2.05) is 50.2 Å². The Balaban J connectivity index is 1.82. The van der Waals surface area contributed by atoms with Gasteiger partial charge in [-0.3, -0.25) is 0 Å². The van der Waals surface area contributed by atoms with Crippen LogP contribution in [0.4, 0.5) is 11.4 Å². The maximum atomic E-state index is 6.13. The second-order valence-corrected chi connectivity index (χ2v) is 5.93. The maximum absolute atomic E-state index is 6.13. The molecule has 0 fully saturated rings. The molecule has 0 atom stereocenters. The topological polar surface area (TPSA) is 33.3 Å². The predicted octanol–water partition coefficient (Wildman–Crippen LogP) is 5.30. The Morgan fingerprint density at radius 2 is 1.73 bits per heavy atom. The summed E-state index contributed by atoms with van der Waals surface area (Å²) in [6.45, 7) is 5.51. The summed E-state index contributed by atoms with van der Waals surface area (Å²) < 4.78 is 5.67. The standard InChI is InChI=1S/C17H20Cl2N2O/c1-12(2)22-14-6-3-5-13(11-14)20-9-10-21-16-8-4-7-15(18)17(16)19/h3-8,11-12,20-21H,9-10H2,1-2H3. The molecule has 0 bridgehead atoms. The third kappa shape index (κ3) is 5.00. The van der Waals surface area contributed by atoms with Gasteiger partial charge in [0.1, 0.15) is 5.75 Å². The first-order valence-electron chi connectivity index (χ1n) is 7.24. The van der Waals surface area contributed by atoms with Gasteiger partial charge in [0, 0.05) is 24.8 Å². The number of ether oxygens (including phenoxy) is 1. The van der Waals surface area contributed by atoms with Crippen molar-refractivity contribution in [1.29, 1.82) is 0 Å². The Bertz CT molecular complexity index is 617. The van der Waals surface area contributed by atoms with Crippen molar-refractivity contribution in [2.45, 2.75) is 20.0 Å². The average Bonchev–Trinajstić information content (AvgIpc) is 2.47. The van der Waals surface area contributed by atoms with Crippen molar-refractivity contribution in [2.24, 2.45) is 0 Å². The molecule has 5 heteroatoms. The predicted molar refractivity (Wildman–Crippen MR) is 95.6 cm³/mol. The van der Waals surface area contributed by atoms with Gasteiger partial charge in [0.2, 0.25) is 0 Å². The van der Waals surface area contributed by atoms with E-state index in [9.17, 15) is 0 Å². The van der Waals surface area contributed by atoms with Gasteiger partial charge in [0.05, 0.1) is 21.8 Å². The van der Waals surface area contributed by atoms with Crippen molar-refractivity contribution in [3.63, 3.8) is 0 Å². The van der Waals surface area contributed by atoms with E-state index in [1.165, 1.54) is 0 Å². The van der Waals surface area contributed by atoms with Crippen molar-refractivity contribution < 1.29 is 4.74 Å². The highest BCUT2D eigenvalue weighted by molar-refractivity contribution is 6.43. The van der Waals surface area contributed by atoms with E-state index >= 15 is 0 Å². The zero-order chi connectivity index (χ0) is 15.9. The lowest BCUT2D eigenvalue weighted by Gasteiger charge is -2.13. The minimum atomic E-state index is 0.168. The van der Waals surface area contributed by atoms with Crippen LogP contribution in [-0.2, 0) is 0 Å². The number of anilines is 2. The largest absolute Gasteiger partial charge is 0.491 e. The second kappa shape index (κ2) is 8.16. The van der Waals surface area contributed by atoms with Crippen LogP contribution in [-0.4, -0.2) is 19.2 Å². The van der Waals surface area contributed by atoms with Gasteiger partial charge in [0.15, 0.2) is 0 Å². The van der Waals surface area contributed by atoms with Crippen molar-refractivity contribution in [3.8, 4) is 5.75 Å². The number of hydrogen-bond donors (Lipinski definition) is 2. The highest BCUT2D eigenvalue weighted by atomic mass is 35.5. The van der Waals surface area contributed by atoms with Gasteiger partial charge in [0.25, 0.3) is 0 Å². The summed E-state index contributed by atoms with van der Waals surface area (Å²) in [5.74, 6) is 0.867. The number of halogens is 2. The summed E-state index contributed by atoms with van der Waals surface area (Å²) in [4.78, 5) is 0. The van der Waals surface area contributed by atoms with Crippen LogP contribution in [0.5, 0.6) is 5.75 Å². The summed E-state index contributed by atoms with van der Waals surface area (Å²) in [6, 6.07) is 13.5. The molecule has 0 aromatic heterocycles. The van der Waals surface area contributed by atoms with Gasteiger partial charge in [-0.2, -0.15) is 0 Å². The smallest absolute Gasteiger partial charge is 0.121 e. The minimum Gasteiger partial charge on any atom is -0.491 e. The Kier molecular flexibility index (Phi) is 6.22. The van der Waals surface area contributed by atoms with E-state index in [2.05, 4.69) is 10.6 Å². The first-order valence-corrected chi connectivity index (χ1v) is 8.00. The fourth-order valence-electron chi connectivity index (χ4n) is 2.00. The monoisotopic (exact) mass is 338 g/mol. The molecule has 0 amide bonds. The van der Waals surface area contributed by atoms with Crippen molar-refractivity contribution in [1.82, 2.24) is 0 Å². The van der Waals surface area contributed by atoms with Gasteiger partial charge < -0.3 is 15.4 Å². The molecule has 0 heterocycles.